The maximum atomic E-state index is 10.9. The molecule has 1 heterocycles. The Morgan fingerprint density at radius 2 is 2.25 bits per heavy atom. The van der Waals surface area contributed by atoms with Gasteiger partial charge in [0.25, 0.3) is 5.69 Å². The number of nitro benzene ring substituents is 1. The highest BCUT2D eigenvalue weighted by molar-refractivity contribution is 6.31. The molecule has 110 valence electrons. The van der Waals surface area contributed by atoms with Crippen molar-refractivity contribution in [1.29, 1.82) is 0 Å². The molecule has 0 spiro atoms. The van der Waals surface area contributed by atoms with Gasteiger partial charge in [-0.2, -0.15) is 0 Å². The molecule has 20 heavy (non-hydrogen) atoms. The van der Waals surface area contributed by atoms with Crippen LogP contribution in [0, 0.1) is 16.0 Å². The second kappa shape index (κ2) is 6.88. The molecule has 1 aliphatic rings. The van der Waals surface area contributed by atoms with Gasteiger partial charge in [0.15, 0.2) is 0 Å². The fourth-order valence-corrected chi connectivity index (χ4v) is 2.39. The van der Waals surface area contributed by atoms with Crippen molar-refractivity contribution in [2.75, 3.05) is 13.1 Å². The van der Waals surface area contributed by atoms with Crippen LogP contribution in [-0.4, -0.2) is 34.0 Å². The lowest BCUT2D eigenvalue weighted by atomic mass is 10.1. The van der Waals surface area contributed by atoms with Gasteiger partial charge in [-0.1, -0.05) is 11.6 Å². The number of benzene rings is 1. The maximum Gasteiger partial charge on any atom is 0.307 e. The van der Waals surface area contributed by atoms with Crippen molar-refractivity contribution in [3.05, 3.63) is 38.9 Å². The van der Waals surface area contributed by atoms with E-state index in [1.165, 1.54) is 18.2 Å². The molecule has 1 aliphatic heterocycles. The van der Waals surface area contributed by atoms with Gasteiger partial charge < -0.3 is 5.11 Å². The molecular formula is C12H14Cl2N2O4. The summed E-state index contributed by atoms with van der Waals surface area (Å²) in [5.41, 5.74) is 0.648. The number of aliphatic carboxylic acids is 1. The molecule has 0 amide bonds. The summed E-state index contributed by atoms with van der Waals surface area (Å²) in [6.07, 6.45) is 0.599. The van der Waals surface area contributed by atoms with Crippen LogP contribution in [0.2, 0.25) is 5.02 Å². The van der Waals surface area contributed by atoms with Crippen molar-refractivity contribution in [3.8, 4) is 0 Å². The van der Waals surface area contributed by atoms with Crippen LogP contribution in [-0.2, 0) is 11.3 Å². The first kappa shape index (κ1) is 16.7. The average molecular weight is 321 g/mol. The van der Waals surface area contributed by atoms with Crippen LogP contribution in [0.5, 0.6) is 0 Å². The topological polar surface area (TPSA) is 83.7 Å². The Balaban J connectivity index is 0.00000200. The number of halogens is 2. The van der Waals surface area contributed by atoms with Gasteiger partial charge in [-0.05, 0) is 24.6 Å². The van der Waals surface area contributed by atoms with Gasteiger partial charge in [0.2, 0.25) is 0 Å². The minimum absolute atomic E-state index is 0. The summed E-state index contributed by atoms with van der Waals surface area (Å²) in [5.74, 6) is -1.16. The summed E-state index contributed by atoms with van der Waals surface area (Å²) < 4.78 is 0. The number of carboxylic acid groups (broad SMARTS) is 1. The molecule has 0 saturated carbocycles. The van der Waals surface area contributed by atoms with Gasteiger partial charge in [0.1, 0.15) is 0 Å². The van der Waals surface area contributed by atoms with Gasteiger partial charge in [-0.15, -0.1) is 12.4 Å². The number of non-ortho nitro benzene ring substituents is 1. The molecule has 1 fully saturated rings. The van der Waals surface area contributed by atoms with E-state index in [2.05, 4.69) is 0 Å². The van der Waals surface area contributed by atoms with Crippen molar-refractivity contribution < 1.29 is 14.8 Å². The summed E-state index contributed by atoms with van der Waals surface area (Å²) in [4.78, 5) is 23.1. The maximum absolute atomic E-state index is 10.9. The number of carboxylic acids is 1. The number of likely N-dealkylation sites (tertiary alicyclic amines) is 1. The van der Waals surface area contributed by atoms with Gasteiger partial charge in [0.05, 0.1) is 10.8 Å². The van der Waals surface area contributed by atoms with Gasteiger partial charge in [-0.3, -0.25) is 19.8 Å². The highest BCUT2D eigenvalue weighted by atomic mass is 35.5. The van der Waals surface area contributed by atoms with Gasteiger partial charge in [0, 0.05) is 30.2 Å². The predicted molar refractivity (Wildman–Crippen MR) is 76.4 cm³/mol. The minimum Gasteiger partial charge on any atom is -0.481 e. The lowest BCUT2D eigenvalue weighted by Gasteiger charge is -2.15. The third kappa shape index (κ3) is 3.82. The van der Waals surface area contributed by atoms with Crippen LogP contribution >= 0.6 is 24.0 Å². The molecule has 0 aromatic heterocycles. The molecule has 1 saturated heterocycles. The van der Waals surface area contributed by atoms with E-state index in [0.29, 0.717) is 36.6 Å². The second-order valence-corrected chi connectivity index (χ2v) is 5.00. The van der Waals surface area contributed by atoms with Crippen molar-refractivity contribution in [1.82, 2.24) is 4.90 Å². The second-order valence-electron chi connectivity index (χ2n) is 4.59. The van der Waals surface area contributed by atoms with Gasteiger partial charge >= 0.3 is 5.97 Å². The van der Waals surface area contributed by atoms with E-state index in [9.17, 15) is 14.9 Å². The molecule has 1 aromatic carbocycles. The van der Waals surface area contributed by atoms with Crippen LogP contribution in [0.3, 0.4) is 0 Å². The first-order valence-electron chi connectivity index (χ1n) is 5.85. The van der Waals surface area contributed by atoms with Crippen molar-refractivity contribution in [2.24, 2.45) is 5.92 Å². The summed E-state index contributed by atoms with van der Waals surface area (Å²) in [7, 11) is 0. The molecular weight excluding hydrogens is 307 g/mol. The zero-order chi connectivity index (χ0) is 14.0. The van der Waals surface area contributed by atoms with E-state index in [4.69, 9.17) is 16.7 Å². The van der Waals surface area contributed by atoms with Crippen LogP contribution in [0.1, 0.15) is 12.0 Å². The van der Waals surface area contributed by atoms with Crippen molar-refractivity contribution >= 4 is 35.7 Å². The fourth-order valence-electron chi connectivity index (χ4n) is 2.21. The Morgan fingerprint density at radius 1 is 1.55 bits per heavy atom. The Hall–Kier alpha value is -1.37. The lowest BCUT2D eigenvalue weighted by molar-refractivity contribution is -0.384. The van der Waals surface area contributed by atoms with Crippen LogP contribution in [0.4, 0.5) is 5.69 Å². The average Bonchev–Trinajstić information content (AvgIpc) is 2.80. The van der Waals surface area contributed by atoms with E-state index in [1.54, 1.807) is 0 Å². The standard InChI is InChI=1S/C12H13ClN2O4.ClH/c13-11-2-1-10(15(18)19)5-9(11)7-14-4-3-8(6-14)12(16)17;/h1-2,5,8H,3-4,6-7H2,(H,16,17);1H. The molecule has 1 N–H and O–H groups in total. The third-order valence-corrected chi connectivity index (χ3v) is 3.62. The Morgan fingerprint density at radius 3 is 2.80 bits per heavy atom. The van der Waals surface area contributed by atoms with E-state index in [1.807, 2.05) is 4.90 Å². The summed E-state index contributed by atoms with van der Waals surface area (Å²) in [6.45, 7) is 1.55. The summed E-state index contributed by atoms with van der Waals surface area (Å²) >= 11 is 6.01. The van der Waals surface area contributed by atoms with E-state index in [-0.39, 0.29) is 24.0 Å². The molecule has 0 radical (unpaired) electrons. The third-order valence-electron chi connectivity index (χ3n) is 3.26. The molecule has 0 bridgehead atoms. The molecule has 1 atom stereocenters. The number of hydrogen-bond donors (Lipinski definition) is 1. The molecule has 2 rings (SSSR count). The van der Waals surface area contributed by atoms with E-state index in [0.717, 1.165) is 0 Å². The molecule has 8 heteroatoms. The van der Waals surface area contributed by atoms with Crippen molar-refractivity contribution in [2.45, 2.75) is 13.0 Å². The summed E-state index contributed by atoms with van der Waals surface area (Å²) in [6, 6.07) is 4.30. The number of nitro groups is 1. The van der Waals surface area contributed by atoms with E-state index >= 15 is 0 Å². The number of rotatable bonds is 4. The molecule has 1 aromatic rings. The van der Waals surface area contributed by atoms with Crippen LogP contribution in [0.15, 0.2) is 18.2 Å². The highest BCUT2D eigenvalue weighted by Gasteiger charge is 2.28. The molecule has 1 unspecified atom stereocenters. The first-order valence-corrected chi connectivity index (χ1v) is 6.23. The predicted octanol–water partition coefficient (Wildman–Crippen LogP) is 2.58. The Kier molecular flexibility index (Phi) is 5.74. The highest BCUT2D eigenvalue weighted by Crippen LogP contribution is 2.26. The van der Waals surface area contributed by atoms with Crippen LogP contribution < -0.4 is 0 Å². The Labute approximate surface area is 126 Å². The van der Waals surface area contributed by atoms with Crippen molar-refractivity contribution in [3.63, 3.8) is 0 Å². The normalized spacial score (nSPS) is 18.6. The first-order chi connectivity index (χ1) is 8.97. The molecule has 0 aliphatic carbocycles. The molecule has 6 nitrogen and oxygen atoms in total. The minimum atomic E-state index is -0.798. The lowest BCUT2D eigenvalue weighted by Crippen LogP contribution is -2.23. The fraction of sp³-hybridized carbons (Fsp3) is 0.417. The van der Waals surface area contributed by atoms with Crippen LogP contribution in [0.25, 0.3) is 0 Å². The van der Waals surface area contributed by atoms with Gasteiger partial charge in [-0.25, -0.2) is 0 Å². The number of hydrogen-bond acceptors (Lipinski definition) is 4. The monoisotopic (exact) mass is 320 g/mol. The SMILES string of the molecule is Cl.O=C(O)C1CCN(Cc2cc([N+](=O)[O-])ccc2Cl)C1. The number of nitrogens with zero attached hydrogens (tertiary/aromatic N) is 2. The Bertz CT molecular complexity index is 524. The zero-order valence-corrected chi connectivity index (χ0v) is 12.1. The van der Waals surface area contributed by atoms with E-state index < -0.39 is 10.9 Å². The zero-order valence-electron chi connectivity index (χ0n) is 10.5. The smallest absolute Gasteiger partial charge is 0.307 e. The quantitative estimate of drug-likeness (QED) is 0.681. The largest absolute Gasteiger partial charge is 0.481 e. The number of carbonyl (C=O) groups is 1. The summed E-state index contributed by atoms with van der Waals surface area (Å²) in [5, 5.41) is 20.1.